The van der Waals surface area contributed by atoms with Crippen LogP contribution in [0.25, 0.3) is 0 Å². The van der Waals surface area contributed by atoms with E-state index >= 15 is 0 Å². The lowest BCUT2D eigenvalue weighted by atomic mass is 10.1. The van der Waals surface area contributed by atoms with E-state index in [0.29, 0.717) is 31.0 Å². The van der Waals surface area contributed by atoms with Crippen LogP contribution >= 0.6 is 0 Å². The molecule has 0 aliphatic heterocycles. The highest BCUT2D eigenvalue weighted by molar-refractivity contribution is 5.79. The zero-order valence-corrected chi connectivity index (χ0v) is 12.4. The normalized spacial score (nSPS) is 11.3. The fourth-order valence-corrected chi connectivity index (χ4v) is 2.06. The van der Waals surface area contributed by atoms with Crippen LogP contribution in [0.5, 0.6) is 0 Å². The van der Waals surface area contributed by atoms with Crippen molar-refractivity contribution in [2.24, 2.45) is 4.99 Å². The number of nitrogens with one attached hydrogen (secondary N) is 2. The minimum Gasteiger partial charge on any atom is -0.356 e. The van der Waals surface area contributed by atoms with E-state index in [1.807, 2.05) is 30.3 Å². The summed E-state index contributed by atoms with van der Waals surface area (Å²) in [5.41, 5.74) is 1.49. The number of halogens is 2. The number of aliphatic imine (C=N–C) groups is 1. The predicted octanol–water partition coefficient (Wildman–Crippen LogP) is 2.87. The third-order valence-electron chi connectivity index (χ3n) is 3.24. The molecule has 22 heavy (non-hydrogen) atoms. The van der Waals surface area contributed by atoms with Crippen molar-refractivity contribution in [3.8, 4) is 0 Å². The Balaban J connectivity index is 1.80. The van der Waals surface area contributed by atoms with E-state index in [0.717, 1.165) is 11.6 Å². The fourth-order valence-electron chi connectivity index (χ4n) is 2.06. The van der Waals surface area contributed by atoms with Crippen LogP contribution in [0.2, 0.25) is 0 Å². The Labute approximate surface area is 129 Å². The van der Waals surface area contributed by atoms with Crippen molar-refractivity contribution in [1.29, 1.82) is 0 Å². The van der Waals surface area contributed by atoms with Gasteiger partial charge in [-0.2, -0.15) is 0 Å². The SMILES string of the molecule is CN=C(NCCc1cccc(F)c1F)NCc1ccccc1. The van der Waals surface area contributed by atoms with Gasteiger partial charge in [-0.15, -0.1) is 0 Å². The van der Waals surface area contributed by atoms with Crippen LogP contribution in [0.3, 0.4) is 0 Å². The van der Waals surface area contributed by atoms with Gasteiger partial charge in [-0.05, 0) is 23.6 Å². The molecule has 0 radical (unpaired) electrons. The number of nitrogens with zero attached hydrogens (tertiary/aromatic N) is 1. The molecule has 0 aromatic heterocycles. The first-order valence-corrected chi connectivity index (χ1v) is 7.12. The number of hydrogen-bond acceptors (Lipinski definition) is 1. The lowest BCUT2D eigenvalue weighted by Gasteiger charge is -2.12. The molecule has 0 amide bonds. The zero-order valence-electron chi connectivity index (χ0n) is 12.4. The first-order valence-electron chi connectivity index (χ1n) is 7.12. The summed E-state index contributed by atoms with van der Waals surface area (Å²) in [5, 5.41) is 6.25. The number of guanidine groups is 1. The molecule has 0 aliphatic rings. The lowest BCUT2D eigenvalue weighted by molar-refractivity contribution is 0.498. The summed E-state index contributed by atoms with van der Waals surface area (Å²) in [4.78, 5) is 4.10. The van der Waals surface area contributed by atoms with Gasteiger partial charge in [-0.25, -0.2) is 8.78 Å². The lowest BCUT2D eigenvalue weighted by Crippen LogP contribution is -2.37. The van der Waals surface area contributed by atoms with Gasteiger partial charge in [0.2, 0.25) is 0 Å². The molecule has 2 rings (SSSR count). The molecule has 5 heteroatoms. The smallest absolute Gasteiger partial charge is 0.191 e. The van der Waals surface area contributed by atoms with E-state index in [1.54, 1.807) is 13.1 Å². The Hall–Kier alpha value is -2.43. The average Bonchev–Trinajstić information content (AvgIpc) is 2.55. The van der Waals surface area contributed by atoms with Gasteiger partial charge in [0.15, 0.2) is 17.6 Å². The summed E-state index contributed by atoms with van der Waals surface area (Å²) in [6, 6.07) is 14.2. The van der Waals surface area contributed by atoms with Crippen LogP contribution in [-0.2, 0) is 13.0 Å². The molecule has 0 fully saturated rings. The first kappa shape index (κ1) is 15.9. The maximum absolute atomic E-state index is 13.5. The predicted molar refractivity (Wildman–Crippen MR) is 84.7 cm³/mol. The molecule has 0 unspecified atom stereocenters. The maximum atomic E-state index is 13.5. The number of rotatable bonds is 5. The highest BCUT2D eigenvalue weighted by Gasteiger charge is 2.07. The average molecular weight is 303 g/mol. The third kappa shape index (κ3) is 4.55. The maximum Gasteiger partial charge on any atom is 0.191 e. The van der Waals surface area contributed by atoms with E-state index in [1.165, 1.54) is 6.07 Å². The molecule has 0 saturated heterocycles. The number of hydrogen-bond donors (Lipinski definition) is 2. The summed E-state index contributed by atoms with van der Waals surface area (Å²) in [6.45, 7) is 1.11. The Kier molecular flexibility index (Phi) is 5.89. The van der Waals surface area contributed by atoms with E-state index in [2.05, 4.69) is 15.6 Å². The van der Waals surface area contributed by atoms with Crippen molar-refractivity contribution >= 4 is 5.96 Å². The minimum absolute atomic E-state index is 0.353. The molecule has 0 heterocycles. The van der Waals surface area contributed by atoms with Crippen LogP contribution in [0.4, 0.5) is 8.78 Å². The van der Waals surface area contributed by atoms with Crippen molar-refractivity contribution in [3.63, 3.8) is 0 Å². The molecule has 0 spiro atoms. The summed E-state index contributed by atoms with van der Waals surface area (Å²) in [6.07, 6.45) is 0.385. The molecule has 0 atom stereocenters. The molecule has 2 aromatic carbocycles. The minimum atomic E-state index is -0.816. The molecule has 116 valence electrons. The molecule has 3 nitrogen and oxygen atoms in total. The topological polar surface area (TPSA) is 36.4 Å². The zero-order chi connectivity index (χ0) is 15.8. The van der Waals surface area contributed by atoms with E-state index in [-0.39, 0.29) is 0 Å². The first-order chi connectivity index (χ1) is 10.7. The molecular weight excluding hydrogens is 284 g/mol. The van der Waals surface area contributed by atoms with Gasteiger partial charge in [0.25, 0.3) is 0 Å². The Morgan fingerprint density at radius 2 is 1.77 bits per heavy atom. The molecule has 2 aromatic rings. The summed E-state index contributed by atoms with van der Waals surface area (Å²) < 4.78 is 26.6. The Bertz CT molecular complexity index is 627. The van der Waals surface area contributed by atoms with Crippen molar-refractivity contribution in [3.05, 3.63) is 71.3 Å². The van der Waals surface area contributed by atoms with E-state index < -0.39 is 11.6 Å². The van der Waals surface area contributed by atoms with E-state index in [4.69, 9.17) is 0 Å². The van der Waals surface area contributed by atoms with Gasteiger partial charge in [0.05, 0.1) is 0 Å². The van der Waals surface area contributed by atoms with Crippen LogP contribution in [0.1, 0.15) is 11.1 Å². The van der Waals surface area contributed by atoms with Gasteiger partial charge >= 0.3 is 0 Å². The van der Waals surface area contributed by atoms with Crippen molar-refractivity contribution in [2.45, 2.75) is 13.0 Å². The molecule has 0 bridgehead atoms. The number of benzene rings is 2. The molecular formula is C17H19F2N3. The van der Waals surface area contributed by atoms with Crippen molar-refractivity contribution < 1.29 is 8.78 Å². The highest BCUT2D eigenvalue weighted by Crippen LogP contribution is 2.11. The molecule has 0 aliphatic carbocycles. The van der Waals surface area contributed by atoms with Crippen LogP contribution in [0, 0.1) is 11.6 Å². The van der Waals surface area contributed by atoms with Crippen LogP contribution in [0.15, 0.2) is 53.5 Å². The monoisotopic (exact) mass is 303 g/mol. The second kappa shape index (κ2) is 8.12. The van der Waals surface area contributed by atoms with Gasteiger partial charge in [0.1, 0.15) is 0 Å². The van der Waals surface area contributed by atoms with Gasteiger partial charge in [-0.3, -0.25) is 4.99 Å². The van der Waals surface area contributed by atoms with Gasteiger partial charge in [-0.1, -0.05) is 42.5 Å². The molecule has 2 N–H and O–H groups in total. The Morgan fingerprint density at radius 3 is 2.50 bits per heavy atom. The van der Waals surface area contributed by atoms with E-state index in [9.17, 15) is 8.78 Å². The van der Waals surface area contributed by atoms with Crippen LogP contribution in [-0.4, -0.2) is 19.6 Å². The summed E-state index contributed by atoms with van der Waals surface area (Å²) in [5.74, 6) is -0.971. The second-order valence-electron chi connectivity index (χ2n) is 4.80. The van der Waals surface area contributed by atoms with Crippen LogP contribution < -0.4 is 10.6 Å². The Morgan fingerprint density at radius 1 is 1.00 bits per heavy atom. The van der Waals surface area contributed by atoms with Crippen molar-refractivity contribution in [1.82, 2.24) is 10.6 Å². The fraction of sp³-hybridized carbons (Fsp3) is 0.235. The quantitative estimate of drug-likeness (QED) is 0.658. The summed E-state index contributed by atoms with van der Waals surface area (Å²) >= 11 is 0. The van der Waals surface area contributed by atoms with Crippen molar-refractivity contribution in [2.75, 3.05) is 13.6 Å². The highest BCUT2D eigenvalue weighted by atomic mass is 19.2. The summed E-state index contributed by atoms with van der Waals surface area (Å²) in [7, 11) is 1.67. The largest absolute Gasteiger partial charge is 0.356 e. The standard InChI is InChI=1S/C17H19F2N3/c1-20-17(22-12-13-6-3-2-4-7-13)21-11-10-14-8-5-9-15(18)16(14)19/h2-9H,10-12H2,1H3,(H2,20,21,22). The third-order valence-corrected chi connectivity index (χ3v) is 3.24. The molecule has 0 saturated carbocycles. The van der Waals surface area contributed by atoms with Gasteiger partial charge in [0, 0.05) is 20.1 Å². The second-order valence-corrected chi connectivity index (χ2v) is 4.80. The van der Waals surface area contributed by atoms with Gasteiger partial charge < -0.3 is 10.6 Å².